The van der Waals surface area contributed by atoms with Crippen LogP contribution in [-0.4, -0.2) is 35.3 Å². The van der Waals surface area contributed by atoms with Crippen molar-refractivity contribution in [3.63, 3.8) is 0 Å². The van der Waals surface area contributed by atoms with Crippen molar-refractivity contribution in [2.75, 3.05) is 11.9 Å². The van der Waals surface area contributed by atoms with Crippen LogP contribution in [0.5, 0.6) is 0 Å². The van der Waals surface area contributed by atoms with Gasteiger partial charge >= 0.3 is 0 Å². The Balaban J connectivity index is 2.41. The first-order chi connectivity index (χ1) is 10.3. The summed E-state index contributed by atoms with van der Waals surface area (Å²) in [4.78, 5) is 38.9. The second kappa shape index (κ2) is 8.47. The zero-order valence-electron chi connectivity index (χ0n) is 13.2. The van der Waals surface area contributed by atoms with E-state index in [1.165, 1.54) is 11.3 Å². The van der Waals surface area contributed by atoms with Gasteiger partial charge in [-0.1, -0.05) is 13.8 Å². The van der Waals surface area contributed by atoms with Gasteiger partial charge in [-0.3, -0.25) is 14.4 Å². The van der Waals surface area contributed by atoms with Gasteiger partial charge in [-0.2, -0.15) is 0 Å². The number of aromatic nitrogens is 1. The van der Waals surface area contributed by atoms with E-state index in [1.54, 1.807) is 19.2 Å². The minimum Gasteiger partial charge on any atom is -0.352 e. The van der Waals surface area contributed by atoms with Crippen molar-refractivity contribution in [2.45, 2.75) is 40.2 Å². The van der Waals surface area contributed by atoms with Gasteiger partial charge < -0.3 is 16.0 Å². The SMILES string of the molecule is CC(C)NC(=O)CNC(=O)Cc1csc(NC(=O)C(C)C)n1. The van der Waals surface area contributed by atoms with Crippen LogP contribution in [0.3, 0.4) is 0 Å². The molecule has 22 heavy (non-hydrogen) atoms. The van der Waals surface area contributed by atoms with E-state index in [2.05, 4.69) is 20.9 Å². The number of amides is 3. The summed E-state index contributed by atoms with van der Waals surface area (Å²) >= 11 is 1.27. The standard InChI is InChI=1S/C14H22N4O3S/c1-8(2)13(21)18-14-17-10(7-22-14)5-11(19)15-6-12(20)16-9(3)4/h7-9H,5-6H2,1-4H3,(H,15,19)(H,16,20)(H,17,18,21). The highest BCUT2D eigenvalue weighted by Crippen LogP contribution is 2.16. The van der Waals surface area contributed by atoms with Crippen molar-refractivity contribution in [2.24, 2.45) is 5.92 Å². The third-order valence-corrected chi connectivity index (χ3v) is 3.35. The summed E-state index contributed by atoms with van der Waals surface area (Å²) in [5.41, 5.74) is 0.561. The second-order valence-corrected chi connectivity index (χ2v) is 6.32. The Hall–Kier alpha value is -1.96. The number of anilines is 1. The van der Waals surface area contributed by atoms with Crippen LogP contribution in [0.1, 0.15) is 33.4 Å². The van der Waals surface area contributed by atoms with Crippen LogP contribution in [0.25, 0.3) is 0 Å². The molecule has 0 bridgehead atoms. The number of carbonyl (C=O) groups is 3. The van der Waals surface area contributed by atoms with Gasteiger partial charge in [-0.25, -0.2) is 4.98 Å². The Bertz CT molecular complexity index is 540. The minimum atomic E-state index is -0.286. The van der Waals surface area contributed by atoms with Crippen molar-refractivity contribution in [1.82, 2.24) is 15.6 Å². The first-order valence-electron chi connectivity index (χ1n) is 7.09. The molecule has 0 fully saturated rings. The number of rotatable bonds is 7. The monoisotopic (exact) mass is 326 g/mol. The summed E-state index contributed by atoms with van der Waals surface area (Å²) in [6, 6.07) is 0.0371. The van der Waals surface area contributed by atoms with Crippen molar-refractivity contribution in [3.05, 3.63) is 11.1 Å². The van der Waals surface area contributed by atoms with Crippen molar-refractivity contribution in [1.29, 1.82) is 0 Å². The fraction of sp³-hybridized carbons (Fsp3) is 0.571. The molecule has 1 rings (SSSR count). The van der Waals surface area contributed by atoms with Gasteiger partial charge in [0.2, 0.25) is 17.7 Å². The molecular weight excluding hydrogens is 304 g/mol. The van der Waals surface area contributed by atoms with E-state index < -0.39 is 0 Å². The van der Waals surface area contributed by atoms with E-state index >= 15 is 0 Å². The largest absolute Gasteiger partial charge is 0.352 e. The Morgan fingerprint density at radius 2 is 1.86 bits per heavy atom. The van der Waals surface area contributed by atoms with Gasteiger partial charge in [-0.05, 0) is 13.8 Å². The molecule has 3 N–H and O–H groups in total. The molecule has 0 aliphatic heterocycles. The molecule has 1 aromatic heterocycles. The molecule has 0 radical (unpaired) electrons. The molecule has 7 nitrogen and oxygen atoms in total. The van der Waals surface area contributed by atoms with E-state index in [-0.39, 0.29) is 42.6 Å². The Kier molecular flexibility index (Phi) is 6.97. The van der Waals surface area contributed by atoms with Gasteiger partial charge in [0.05, 0.1) is 18.7 Å². The maximum Gasteiger partial charge on any atom is 0.239 e. The third kappa shape index (κ3) is 6.66. The lowest BCUT2D eigenvalue weighted by Crippen LogP contribution is -2.40. The predicted octanol–water partition coefficient (Wildman–Crippen LogP) is 0.921. The van der Waals surface area contributed by atoms with Crippen molar-refractivity contribution >= 4 is 34.2 Å². The molecule has 1 heterocycles. The molecule has 0 aromatic carbocycles. The Morgan fingerprint density at radius 1 is 1.18 bits per heavy atom. The van der Waals surface area contributed by atoms with Crippen LogP contribution in [0.4, 0.5) is 5.13 Å². The Morgan fingerprint density at radius 3 is 2.45 bits per heavy atom. The van der Waals surface area contributed by atoms with E-state index in [0.717, 1.165) is 0 Å². The van der Waals surface area contributed by atoms with Crippen LogP contribution in [0, 0.1) is 5.92 Å². The fourth-order valence-corrected chi connectivity index (χ4v) is 2.19. The summed E-state index contributed by atoms with van der Waals surface area (Å²) < 4.78 is 0. The molecule has 0 aliphatic carbocycles. The molecule has 0 atom stereocenters. The number of hydrogen-bond donors (Lipinski definition) is 3. The summed E-state index contributed by atoms with van der Waals surface area (Å²) in [7, 11) is 0. The lowest BCUT2D eigenvalue weighted by molar-refractivity contribution is -0.126. The van der Waals surface area contributed by atoms with Gasteiger partial charge in [0.1, 0.15) is 0 Å². The zero-order valence-corrected chi connectivity index (χ0v) is 14.0. The van der Waals surface area contributed by atoms with E-state index in [4.69, 9.17) is 0 Å². The zero-order chi connectivity index (χ0) is 16.7. The molecule has 0 saturated carbocycles. The molecule has 0 unspecified atom stereocenters. The molecule has 0 spiro atoms. The topological polar surface area (TPSA) is 100 Å². The molecule has 3 amide bonds. The highest BCUT2D eigenvalue weighted by atomic mass is 32.1. The van der Waals surface area contributed by atoms with Gasteiger partial charge in [-0.15, -0.1) is 11.3 Å². The van der Waals surface area contributed by atoms with Crippen LogP contribution in [-0.2, 0) is 20.8 Å². The number of carbonyl (C=O) groups excluding carboxylic acids is 3. The maximum absolute atomic E-state index is 11.7. The minimum absolute atomic E-state index is 0.0371. The second-order valence-electron chi connectivity index (χ2n) is 5.46. The first kappa shape index (κ1) is 18.1. The van der Waals surface area contributed by atoms with Crippen molar-refractivity contribution in [3.8, 4) is 0 Å². The quantitative estimate of drug-likeness (QED) is 0.693. The third-order valence-electron chi connectivity index (χ3n) is 2.54. The number of nitrogens with one attached hydrogen (secondary N) is 3. The van der Waals surface area contributed by atoms with E-state index in [1.807, 2.05) is 13.8 Å². The normalized spacial score (nSPS) is 10.6. The summed E-state index contributed by atoms with van der Waals surface area (Å²) in [5, 5.41) is 10.1. The maximum atomic E-state index is 11.7. The van der Waals surface area contributed by atoms with Crippen LogP contribution < -0.4 is 16.0 Å². The average Bonchev–Trinajstić information content (AvgIpc) is 2.82. The van der Waals surface area contributed by atoms with Gasteiger partial charge in [0.15, 0.2) is 5.13 Å². The first-order valence-corrected chi connectivity index (χ1v) is 7.97. The fourth-order valence-electron chi connectivity index (χ4n) is 1.47. The number of nitrogens with zero attached hydrogens (tertiary/aromatic N) is 1. The highest BCUT2D eigenvalue weighted by Gasteiger charge is 2.12. The van der Waals surface area contributed by atoms with Crippen LogP contribution in [0.2, 0.25) is 0 Å². The lowest BCUT2D eigenvalue weighted by atomic mass is 10.2. The highest BCUT2D eigenvalue weighted by molar-refractivity contribution is 7.13. The molecule has 122 valence electrons. The predicted molar refractivity (Wildman–Crippen MR) is 85.6 cm³/mol. The van der Waals surface area contributed by atoms with E-state index in [9.17, 15) is 14.4 Å². The lowest BCUT2D eigenvalue weighted by Gasteiger charge is -2.08. The molecule has 0 saturated heterocycles. The summed E-state index contributed by atoms with van der Waals surface area (Å²) in [6.07, 6.45) is 0.0724. The van der Waals surface area contributed by atoms with Gasteiger partial charge in [0, 0.05) is 17.3 Å². The molecule has 0 aliphatic rings. The van der Waals surface area contributed by atoms with Crippen molar-refractivity contribution < 1.29 is 14.4 Å². The Labute approximate surface area is 133 Å². The summed E-state index contributed by atoms with van der Waals surface area (Å²) in [5.74, 6) is -0.761. The summed E-state index contributed by atoms with van der Waals surface area (Å²) in [6.45, 7) is 7.22. The molecule has 1 aromatic rings. The average molecular weight is 326 g/mol. The van der Waals surface area contributed by atoms with E-state index in [0.29, 0.717) is 10.8 Å². The number of thiazole rings is 1. The van der Waals surface area contributed by atoms with Crippen LogP contribution in [0.15, 0.2) is 5.38 Å². The number of hydrogen-bond acceptors (Lipinski definition) is 5. The van der Waals surface area contributed by atoms with Gasteiger partial charge in [0.25, 0.3) is 0 Å². The molecular formula is C14H22N4O3S. The smallest absolute Gasteiger partial charge is 0.239 e. The van der Waals surface area contributed by atoms with Crippen LogP contribution >= 0.6 is 11.3 Å². The molecule has 8 heteroatoms.